The van der Waals surface area contributed by atoms with Crippen LogP contribution in [0.4, 0.5) is 5.69 Å². The molecule has 1 aliphatic carbocycles. The Balaban J connectivity index is 2.32. The largest absolute Gasteiger partial charge is 0.297 e. The summed E-state index contributed by atoms with van der Waals surface area (Å²) >= 11 is 6.06. The van der Waals surface area contributed by atoms with Crippen molar-refractivity contribution in [3.8, 4) is 6.07 Å². The molecule has 0 saturated heterocycles. The van der Waals surface area contributed by atoms with Gasteiger partial charge in [0.25, 0.3) is 0 Å². The normalized spacial score (nSPS) is 15.6. The molecule has 0 aromatic heterocycles. The van der Waals surface area contributed by atoms with Crippen LogP contribution in [0, 0.1) is 23.2 Å². The van der Waals surface area contributed by atoms with Gasteiger partial charge in [0.15, 0.2) is 17.5 Å². The number of hydrogen-bond donors (Lipinski definition) is 0. The Morgan fingerprint density at radius 3 is 2.43 bits per heavy atom. The quantitative estimate of drug-likeness (QED) is 0.575. The molecule has 0 N–H and O–H groups in total. The summed E-state index contributed by atoms with van der Waals surface area (Å²) in [6, 6.07) is 5.82. The number of sulfonamides is 1. The molecule has 0 amide bonds. The number of nitriles is 1. The molecule has 2 rings (SSSR count). The summed E-state index contributed by atoms with van der Waals surface area (Å²) in [6.45, 7) is 0. The first-order valence-electron chi connectivity index (χ1n) is 6.88. The van der Waals surface area contributed by atoms with Gasteiger partial charge in [0.1, 0.15) is 0 Å². The highest BCUT2D eigenvalue weighted by atomic mass is 35.5. The van der Waals surface area contributed by atoms with Crippen molar-refractivity contribution < 1.29 is 18.0 Å². The Morgan fingerprint density at radius 1 is 1.39 bits per heavy atom. The molecule has 1 atom stereocenters. The van der Waals surface area contributed by atoms with E-state index in [0.29, 0.717) is 12.8 Å². The second kappa shape index (κ2) is 6.30. The van der Waals surface area contributed by atoms with Crippen LogP contribution in [0.25, 0.3) is 0 Å². The molecule has 1 saturated carbocycles. The fourth-order valence-corrected chi connectivity index (χ4v) is 2.87. The SMILES string of the molecule is CN(c1ccc(C(=O)C(C#N)C(=O)C2CC2)c(Cl)c1)S(C)(=O)=O. The molecule has 0 aliphatic heterocycles. The van der Waals surface area contributed by atoms with Crippen LogP contribution in [0.1, 0.15) is 23.2 Å². The number of halogens is 1. The van der Waals surface area contributed by atoms with E-state index in [0.717, 1.165) is 10.6 Å². The summed E-state index contributed by atoms with van der Waals surface area (Å²) in [7, 11) is -2.10. The van der Waals surface area contributed by atoms with Crippen LogP contribution in [0.2, 0.25) is 5.02 Å². The fourth-order valence-electron chi connectivity index (χ4n) is 2.10. The van der Waals surface area contributed by atoms with Crippen LogP contribution >= 0.6 is 11.6 Å². The molecule has 122 valence electrons. The van der Waals surface area contributed by atoms with Gasteiger partial charge < -0.3 is 0 Å². The number of anilines is 1. The van der Waals surface area contributed by atoms with Crippen LogP contribution in [0.3, 0.4) is 0 Å². The third-order valence-corrected chi connectivity index (χ3v) is 5.25. The molecular weight excluding hydrogens is 340 g/mol. The number of Topliss-reactive ketones (excluding diaryl/α,β-unsaturated/α-hetero) is 2. The van der Waals surface area contributed by atoms with Gasteiger partial charge in [0, 0.05) is 18.5 Å². The van der Waals surface area contributed by atoms with Gasteiger partial charge in [-0.3, -0.25) is 13.9 Å². The Morgan fingerprint density at radius 2 is 2.00 bits per heavy atom. The molecule has 1 aliphatic rings. The van der Waals surface area contributed by atoms with Crippen LogP contribution < -0.4 is 4.31 Å². The Hall–Kier alpha value is -1.91. The topological polar surface area (TPSA) is 95.3 Å². The number of ketones is 2. The molecule has 8 heteroatoms. The van der Waals surface area contributed by atoms with Crippen molar-refractivity contribution in [2.45, 2.75) is 12.8 Å². The highest BCUT2D eigenvalue weighted by molar-refractivity contribution is 7.92. The average Bonchev–Trinajstić information content (AvgIpc) is 3.30. The highest BCUT2D eigenvalue weighted by Gasteiger charge is 2.39. The van der Waals surface area contributed by atoms with E-state index in [2.05, 4.69) is 0 Å². The third-order valence-electron chi connectivity index (χ3n) is 3.73. The first-order chi connectivity index (χ1) is 10.7. The molecule has 23 heavy (non-hydrogen) atoms. The smallest absolute Gasteiger partial charge is 0.231 e. The van der Waals surface area contributed by atoms with Crippen molar-refractivity contribution in [2.75, 3.05) is 17.6 Å². The van der Waals surface area contributed by atoms with Crippen molar-refractivity contribution in [1.29, 1.82) is 5.26 Å². The molecule has 1 aromatic carbocycles. The Bertz CT molecular complexity index is 809. The third kappa shape index (κ3) is 3.71. The lowest BCUT2D eigenvalue weighted by molar-refractivity contribution is -0.121. The average molecular weight is 355 g/mol. The van der Waals surface area contributed by atoms with E-state index >= 15 is 0 Å². The first-order valence-corrected chi connectivity index (χ1v) is 9.10. The predicted octanol–water partition coefficient (Wildman–Crippen LogP) is 2.04. The molecule has 0 bridgehead atoms. The van der Waals surface area contributed by atoms with Gasteiger partial charge >= 0.3 is 0 Å². The zero-order valence-electron chi connectivity index (χ0n) is 12.6. The van der Waals surface area contributed by atoms with E-state index in [9.17, 15) is 18.0 Å². The van der Waals surface area contributed by atoms with Crippen molar-refractivity contribution in [3.05, 3.63) is 28.8 Å². The molecular formula is C15H15ClN2O4S. The monoisotopic (exact) mass is 354 g/mol. The predicted molar refractivity (Wildman–Crippen MR) is 85.9 cm³/mol. The van der Waals surface area contributed by atoms with Gasteiger partial charge in [0.05, 0.1) is 23.0 Å². The summed E-state index contributed by atoms with van der Waals surface area (Å²) in [5, 5.41) is 9.13. The fraction of sp³-hybridized carbons (Fsp3) is 0.400. The number of benzene rings is 1. The van der Waals surface area contributed by atoms with E-state index in [1.807, 2.05) is 0 Å². The second-order valence-electron chi connectivity index (χ2n) is 5.50. The lowest BCUT2D eigenvalue weighted by atomic mass is 9.92. The van der Waals surface area contributed by atoms with Crippen LogP contribution in [-0.2, 0) is 14.8 Å². The number of carbonyl (C=O) groups excluding carboxylic acids is 2. The summed E-state index contributed by atoms with van der Waals surface area (Å²) in [6.07, 6.45) is 2.45. The van der Waals surface area contributed by atoms with Crippen LogP contribution in [0.15, 0.2) is 18.2 Å². The lowest BCUT2D eigenvalue weighted by Crippen LogP contribution is -2.26. The van der Waals surface area contributed by atoms with Crippen molar-refractivity contribution in [1.82, 2.24) is 0 Å². The molecule has 0 heterocycles. The van der Waals surface area contributed by atoms with Gasteiger partial charge in [-0.15, -0.1) is 0 Å². The molecule has 1 unspecified atom stereocenters. The van der Waals surface area contributed by atoms with Gasteiger partial charge in [-0.1, -0.05) is 11.6 Å². The summed E-state index contributed by atoms with van der Waals surface area (Å²) < 4.78 is 24.0. The number of carbonyl (C=O) groups is 2. The van der Waals surface area contributed by atoms with Gasteiger partial charge in [-0.2, -0.15) is 5.26 Å². The molecule has 6 nitrogen and oxygen atoms in total. The van der Waals surface area contributed by atoms with E-state index in [4.69, 9.17) is 16.9 Å². The van der Waals surface area contributed by atoms with Gasteiger partial charge in [-0.05, 0) is 31.0 Å². The number of hydrogen-bond acceptors (Lipinski definition) is 5. The maximum atomic E-state index is 12.4. The van der Waals surface area contributed by atoms with Crippen molar-refractivity contribution in [3.63, 3.8) is 0 Å². The molecule has 1 aromatic rings. The summed E-state index contributed by atoms with van der Waals surface area (Å²) in [5.41, 5.74) is 0.328. The standard InChI is InChI=1S/C15H15ClN2O4S/c1-18(23(2,21)22)10-5-6-11(13(16)7-10)15(20)12(8-17)14(19)9-3-4-9/h5-7,9,12H,3-4H2,1-2H3. The Labute approximate surface area is 139 Å². The van der Waals surface area contributed by atoms with Crippen molar-refractivity contribution >= 4 is 38.9 Å². The maximum absolute atomic E-state index is 12.4. The highest BCUT2D eigenvalue weighted by Crippen LogP contribution is 2.34. The molecule has 0 spiro atoms. The van der Waals surface area contributed by atoms with Gasteiger partial charge in [0.2, 0.25) is 10.0 Å². The van der Waals surface area contributed by atoms with E-state index in [-0.39, 0.29) is 28.0 Å². The minimum absolute atomic E-state index is 0.00634. The van der Waals surface area contributed by atoms with E-state index in [1.54, 1.807) is 6.07 Å². The molecule has 0 radical (unpaired) electrons. The van der Waals surface area contributed by atoms with Crippen LogP contribution in [0.5, 0.6) is 0 Å². The number of rotatable bonds is 6. The van der Waals surface area contributed by atoms with Crippen molar-refractivity contribution in [2.24, 2.45) is 11.8 Å². The molecule has 1 fully saturated rings. The summed E-state index contributed by atoms with van der Waals surface area (Å²) in [4.78, 5) is 24.4. The van der Waals surface area contributed by atoms with E-state index in [1.165, 1.54) is 25.2 Å². The lowest BCUT2D eigenvalue weighted by Gasteiger charge is -2.17. The summed E-state index contributed by atoms with van der Waals surface area (Å²) in [5.74, 6) is -2.59. The number of nitrogens with zero attached hydrogens (tertiary/aromatic N) is 2. The Kier molecular flexibility index (Phi) is 4.78. The maximum Gasteiger partial charge on any atom is 0.231 e. The zero-order valence-corrected chi connectivity index (χ0v) is 14.2. The van der Waals surface area contributed by atoms with Gasteiger partial charge in [-0.25, -0.2) is 8.42 Å². The second-order valence-corrected chi connectivity index (χ2v) is 7.92. The first kappa shape index (κ1) is 17.4. The zero-order chi connectivity index (χ0) is 17.4. The minimum atomic E-state index is -3.46. The van der Waals surface area contributed by atoms with Crippen LogP contribution in [-0.4, -0.2) is 33.3 Å². The minimum Gasteiger partial charge on any atom is -0.297 e. The van der Waals surface area contributed by atoms with E-state index < -0.39 is 21.7 Å².